The number of nitrogens with one attached hydrogen (secondary N) is 1. The smallest absolute Gasteiger partial charge is 0.248 e. The molecule has 0 saturated heterocycles. The molecular weight excluding hydrogens is 254 g/mol. The highest BCUT2D eigenvalue weighted by molar-refractivity contribution is 9.10. The lowest BCUT2D eigenvalue weighted by Crippen LogP contribution is -2.08. The third kappa shape index (κ3) is 3.88. The fraction of sp³-hybridized carbons (Fsp3) is 0.250. The van der Waals surface area contributed by atoms with E-state index in [1.165, 1.54) is 0 Å². The number of allylic oxidation sites excluding steroid dienone is 1. The SMILES string of the molecule is CC(C)=CC(=O)Nc1ccc(C)c(Br)c1. The van der Waals surface area contributed by atoms with Crippen LogP contribution in [0.2, 0.25) is 0 Å². The fourth-order valence-corrected chi connectivity index (χ4v) is 1.49. The Kier molecular flexibility index (Phi) is 4.09. The minimum absolute atomic E-state index is 0.0919. The van der Waals surface area contributed by atoms with Gasteiger partial charge in [-0.25, -0.2) is 0 Å². The number of halogens is 1. The molecule has 0 unspecified atom stereocenters. The first-order chi connectivity index (χ1) is 6.99. The van der Waals surface area contributed by atoms with Crippen LogP contribution in [0.25, 0.3) is 0 Å². The Morgan fingerprint density at radius 2 is 2.07 bits per heavy atom. The predicted molar refractivity (Wildman–Crippen MR) is 66.9 cm³/mol. The summed E-state index contributed by atoms with van der Waals surface area (Å²) in [4.78, 5) is 11.4. The molecule has 1 N–H and O–H groups in total. The molecule has 1 aromatic carbocycles. The van der Waals surface area contributed by atoms with Gasteiger partial charge in [-0.15, -0.1) is 0 Å². The molecule has 3 heteroatoms. The van der Waals surface area contributed by atoms with E-state index in [0.717, 1.165) is 21.3 Å². The molecule has 15 heavy (non-hydrogen) atoms. The van der Waals surface area contributed by atoms with Crippen LogP contribution < -0.4 is 5.32 Å². The van der Waals surface area contributed by atoms with Crippen molar-refractivity contribution >= 4 is 27.5 Å². The van der Waals surface area contributed by atoms with Crippen molar-refractivity contribution in [1.29, 1.82) is 0 Å². The van der Waals surface area contributed by atoms with E-state index in [1.807, 2.05) is 39.0 Å². The number of rotatable bonds is 2. The van der Waals surface area contributed by atoms with Crippen LogP contribution in [0.5, 0.6) is 0 Å². The summed E-state index contributed by atoms with van der Waals surface area (Å²) in [6.07, 6.45) is 1.58. The van der Waals surface area contributed by atoms with E-state index in [0.29, 0.717) is 0 Å². The van der Waals surface area contributed by atoms with E-state index in [2.05, 4.69) is 21.2 Å². The lowest BCUT2D eigenvalue weighted by Gasteiger charge is -2.04. The van der Waals surface area contributed by atoms with E-state index < -0.39 is 0 Å². The average Bonchev–Trinajstić information content (AvgIpc) is 2.10. The molecule has 0 saturated carbocycles. The van der Waals surface area contributed by atoms with E-state index in [4.69, 9.17) is 0 Å². The maximum atomic E-state index is 11.4. The zero-order chi connectivity index (χ0) is 11.4. The van der Waals surface area contributed by atoms with E-state index in [-0.39, 0.29) is 5.91 Å². The van der Waals surface area contributed by atoms with Gasteiger partial charge in [0.1, 0.15) is 0 Å². The fourth-order valence-electron chi connectivity index (χ4n) is 1.11. The minimum Gasteiger partial charge on any atom is -0.322 e. The van der Waals surface area contributed by atoms with Crippen molar-refractivity contribution < 1.29 is 4.79 Å². The second-order valence-corrected chi connectivity index (χ2v) is 4.53. The van der Waals surface area contributed by atoms with Crippen molar-refractivity contribution in [2.45, 2.75) is 20.8 Å². The number of benzene rings is 1. The molecule has 1 amide bonds. The summed E-state index contributed by atoms with van der Waals surface area (Å²) in [5.41, 5.74) is 2.93. The Morgan fingerprint density at radius 3 is 2.60 bits per heavy atom. The molecule has 0 spiro atoms. The van der Waals surface area contributed by atoms with Crippen molar-refractivity contribution in [1.82, 2.24) is 0 Å². The number of amides is 1. The Balaban J connectivity index is 2.78. The molecule has 0 fully saturated rings. The van der Waals surface area contributed by atoms with Gasteiger partial charge < -0.3 is 5.32 Å². The summed E-state index contributed by atoms with van der Waals surface area (Å²) in [5.74, 6) is -0.0919. The second-order valence-electron chi connectivity index (χ2n) is 3.67. The number of carbonyl (C=O) groups is 1. The van der Waals surface area contributed by atoms with Gasteiger partial charge in [-0.1, -0.05) is 27.6 Å². The summed E-state index contributed by atoms with van der Waals surface area (Å²) in [6, 6.07) is 5.74. The molecule has 0 atom stereocenters. The summed E-state index contributed by atoms with van der Waals surface area (Å²) in [7, 11) is 0. The molecule has 0 aromatic heterocycles. The highest BCUT2D eigenvalue weighted by Gasteiger charge is 2.00. The van der Waals surface area contributed by atoms with Crippen LogP contribution in [0.4, 0.5) is 5.69 Å². The molecule has 0 heterocycles. The van der Waals surface area contributed by atoms with E-state index >= 15 is 0 Å². The first-order valence-electron chi connectivity index (χ1n) is 4.71. The lowest BCUT2D eigenvalue weighted by atomic mass is 10.2. The maximum absolute atomic E-state index is 11.4. The first kappa shape index (κ1) is 12.0. The zero-order valence-electron chi connectivity index (χ0n) is 9.10. The molecule has 0 bridgehead atoms. The van der Waals surface area contributed by atoms with Gasteiger partial charge in [0.25, 0.3) is 0 Å². The minimum atomic E-state index is -0.0919. The number of hydrogen-bond acceptors (Lipinski definition) is 1. The maximum Gasteiger partial charge on any atom is 0.248 e. The van der Waals surface area contributed by atoms with Crippen LogP contribution in [-0.4, -0.2) is 5.91 Å². The van der Waals surface area contributed by atoms with E-state index in [1.54, 1.807) is 6.08 Å². The van der Waals surface area contributed by atoms with Crippen LogP contribution in [0, 0.1) is 6.92 Å². The molecule has 0 aliphatic heterocycles. The van der Waals surface area contributed by atoms with Crippen molar-refractivity contribution in [2.75, 3.05) is 5.32 Å². The predicted octanol–water partition coefficient (Wildman–Crippen LogP) is 3.66. The number of carbonyl (C=O) groups excluding carboxylic acids is 1. The van der Waals surface area contributed by atoms with Crippen molar-refractivity contribution in [2.24, 2.45) is 0 Å². The van der Waals surface area contributed by atoms with E-state index in [9.17, 15) is 4.79 Å². The number of hydrogen-bond donors (Lipinski definition) is 1. The Bertz CT molecular complexity index is 406. The zero-order valence-corrected chi connectivity index (χ0v) is 10.7. The van der Waals surface area contributed by atoms with Gasteiger partial charge in [-0.2, -0.15) is 0 Å². The van der Waals surface area contributed by atoms with Crippen molar-refractivity contribution in [3.05, 3.63) is 39.9 Å². The number of aryl methyl sites for hydroxylation is 1. The Morgan fingerprint density at radius 1 is 1.40 bits per heavy atom. The lowest BCUT2D eigenvalue weighted by molar-refractivity contribution is -0.111. The highest BCUT2D eigenvalue weighted by Crippen LogP contribution is 2.20. The van der Waals surface area contributed by atoms with Gasteiger partial charge in [0.05, 0.1) is 0 Å². The molecule has 80 valence electrons. The largest absolute Gasteiger partial charge is 0.322 e. The van der Waals surface area contributed by atoms with Crippen LogP contribution in [-0.2, 0) is 4.79 Å². The first-order valence-corrected chi connectivity index (χ1v) is 5.50. The third-order valence-corrected chi connectivity index (χ3v) is 2.71. The van der Waals surface area contributed by atoms with Gasteiger partial charge in [0, 0.05) is 16.2 Å². The van der Waals surface area contributed by atoms with Crippen molar-refractivity contribution in [3.63, 3.8) is 0 Å². The monoisotopic (exact) mass is 267 g/mol. The average molecular weight is 268 g/mol. The molecule has 2 nitrogen and oxygen atoms in total. The van der Waals surface area contributed by atoms with Crippen LogP contribution in [0.3, 0.4) is 0 Å². The normalized spacial score (nSPS) is 9.60. The van der Waals surface area contributed by atoms with Crippen LogP contribution in [0.15, 0.2) is 34.3 Å². The molecule has 0 aliphatic rings. The van der Waals surface area contributed by atoms with Gasteiger partial charge in [-0.05, 0) is 38.5 Å². The van der Waals surface area contributed by atoms with Gasteiger partial charge >= 0.3 is 0 Å². The van der Waals surface area contributed by atoms with Crippen LogP contribution in [0.1, 0.15) is 19.4 Å². The molecule has 0 aliphatic carbocycles. The van der Waals surface area contributed by atoms with Gasteiger partial charge in [-0.3, -0.25) is 4.79 Å². The molecular formula is C12H14BrNO. The molecule has 1 aromatic rings. The standard InChI is InChI=1S/C12H14BrNO/c1-8(2)6-12(15)14-10-5-4-9(3)11(13)7-10/h4-7H,1-3H3,(H,14,15). The second kappa shape index (κ2) is 5.12. The highest BCUT2D eigenvalue weighted by atomic mass is 79.9. The van der Waals surface area contributed by atoms with Crippen molar-refractivity contribution in [3.8, 4) is 0 Å². The van der Waals surface area contributed by atoms with Crippen LogP contribution >= 0.6 is 15.9 Å². The summed E-state index contributed by atoms with van der Waals surface area (Å²) in [5, 5.41) is 2.80. The third-order valence-electron chi connectivity index (χ3n) is 1.86. The van der Waals surface area contributed by atoms with Gasteiger partial charge in [0.15, 0.2) is 0 Å². The molecule has 1 rings (SSSR count). The Labute approximate surface area is 98.5 Å². The number of anilines is 1. The summed E-state index contributed by atoms with van der Waals surface area (Å²) in [6.45, 7) is 5.79. The van der Waals surface area contributed by atoms with Gasteiger partial charge in [0.2, 0.25) is 5.91 Å². The summed E-state index contributed by atoms with van der Waals surface area (Å²) >= 11 is 3.42. The molecule has 0 radical (unpaired) electrons. The summed E-state index contributed by atoms with van der Waals surface area (Å²) < 4.78 is 0.998. The quantitative estimate of drug-likeness (QED) is 0.815. The Hall–Kier alpha value is -1.09. The topological polar surface area (TPSA) is 29.1 Å².